The Balaban J connectivity index is 0.00000124. The molecule has 2 aliphatic rings. The lowest BCUT2D eigenvalue weighted by molar-refractivity contribution is 0.145. The molecule has 0 unspecified atom stereocenters. The van der Waals surface area contributed by atoms with Gasteiger partial charge in [-0.2, -0.15) is 0 Å². The fraction of sp³-hybridized carbons (Fsp3) is 0.409. The highest BCUT2D eigenvalue weighted by Gasteiger charge is 2.31. The molecule has 2 heterocycles. The normalized spacial score (nSPS) is 19.3. The van der Waals surface area contributed by atoms with Gasteiger partial charge in [-0.25, -0.2) is 9.18 Å². The molecule has 0 aliphatic carbocycles. The molecule has 0 saturated carbocycles. The second kappa shape index (κ2) is 10.0. The predicted octanol–water partition coefficient (Wildman–Crippen LogP) is 3.37. The summed E-state index contributed by atoms with van der Waals surface area (Å²) in [6, 6.07) is 12.4. The first-order chi connectivity index (χ1) is 14.5. The van der Waals surface area contributed by atoms with Gasteiger partial charge in [-0.1, -0.05) is 26.0 Å². The summed E-state index contributed by atoms with van der Waals surface area (Å²) in [4.78, 5) is 15.5. The van der Waals surface area contributed by atoms with E-state index < -0.39 is 22.7 Å². The molecule has 30 heavy (non-hydrogen) atoms. The summed E-state index contributed by atoms with van der Waals surface area (Å²) in [5, 5.41) is 0. The smallest absolute Gasteiger partial charge is 0.414 e. The Hall–Kier alpha value is -2.45. The highest BCUT2D eigenvalue weighted by Crippen LogP contribution is 2.31. The molecule has 2 fully saturated rings. The largest absolute Gasteiger partial charge is 0.443 e. The minimum atomic E-state index is -0.742. The molecule has 2 saturated heterocycles. The summed E-state index contributed by atoms with van der Waals surface area (Å²) in [5.74, 6) is 0.907. The third-order valence-electron chi connectivity index (χ3n) is 5.10. The average molecular weight is 434 g/mol. The SMILES string of the molecule is CC.NC[C@H]1CN(c2ccc(-c3cccc(N4CCS(=O)CC4)c3)c(F)c2)C(=O)O1. The van der Waals surface area contributed by atoms with Crippen molar-refractivity contribution in [3.05, 3.63) is 48.3 Å². The Labute approximate surface area is 179 Å². The maximum absolute atomic E-state index is 14.9. The van der Waals surface area contributed by atoms with E-state index in [-0.39, 0.29) is 12.6 Å². The van der Waals surface area contributed by atoms with Gasteiger partial charge in [-0.05, 0) is 35.9 Å². The maximum atomic E-state index is 14.9. The zero-order valence-electron chi connectivity index (χ0n) is 17.3. The van der Waals surface area contributed by atoms with Crippen molar-refractivity contribution in [2.24, 2.45) is 5.73 Å². The van der Waals surface area contributed by atoms with Crippen LogP contribution in [0.15, 0.2) is 42.5 Å². The topological polar surface area (TPSA) is 75.9 Å². The molecule has 2 aromatic carbocycles. The van der Waals surface area contributed by atoms with Gasteiger partial charge in [0.25, 0.3) is 0 Å². The summed E-state index contributed by atoms with van der Waals surface area (Å²) >= 11 is 0. The fourth-order valence-electron chi connectivity index (χ4n) is 3.53. The number of hydrogen-bond acceptors (Lipinski definition) is 5. The van der Waals surface area contributed by atoms with Gasteiger partial charge < -0.3 is 15.4 Å². The monoisotopic (exact) mass is 433 g/mol. The van der Waals surface area contributed by atoms with Crippen molar-refractivity contribution in [3.63, 3.8) is 0 Å². The lowest BCUT2D eigenvalue weighted by Crippen LogP contribution is -2.37. The Bertz CT molecular complexity index is 914. The summed E-state index contributed by atoms with van der Waals surface area (Å²) < 4.78 is 31.6. The van der Waals surface area contributed by atoms with E-state index in [1.165, 1.54) is 11.0 Å². The molecule has 1 amide bonds. The number of carbonyl (C=O) groups is 1. The summed E-state index contributed by atoms with van der Waals surface area (Å²) in [7, 11) is -0.742. The van der Waals surface area contributed by atoms with Crippen LogP contribution in [0.2, 0.25) is 0 Å². The van der Waals surface area contributed by atoms with Gasteiger partial charge in [0.15, 0.2) is 0 Å². The van der Waals surface area contributed by atoms with Crippen molar-refractivity contribution in [2.45, 2.75) is 20.0 Å². The minimum Gasteiger partial charge on any atom is -0.443 e. The molecule has 0 spiro atoms. The highest BCUT2D eigenvalue weighted by molar-refractivity contribution is 7.85. The lowest BCUT2D eigenvalue weighted by Gasteiger charge is -2.28. The van der Waals surface area contributed by atoms with Gasteiger partial charge in [-0.15, -0.1) is 0 Å². The number of amides is 1. The molecule has 6 nitrogen and oxygen atoms in total. The van der Waals surface area contributed by atoms with Crippen molar-refractivity contribution in [3.8, 4) is 11.1 Å². The van der Waals surface area contributed by atoms with Gasteiger partial charge in [0.05, 0.1) is 12.2 Å². The number of cyclic esters (lactones) is 1. The van der Waals surface area contributed by atoms with Crippen LogP contribution in [0.4, 0.5) is 20.6 Å². The van der Waals surface area contributed by atoms with Crippen LogP contribution >= 0.6 is 0 Å². The third-order valence-corrected chi connectivity index (χ3v) is 6.38. The van der Waals surface area contributed by atoms with Crippen molar-refractivity contribution in [2.75, 3.05) is 47.5 Å². The first kappa shape index (κ1) is 22.2. The second-order valence-electron chi connectivity index (χ2n) is 6.90. The fourth-order valence-corrected chi connectivity index (χ4v) is 4.58. The Kier molecular flexibility index (Phi) is 7.44. The molecule has 162 valence electrons. The average Bonchev–Trinajstić information content (AvgIpc) is 3.16. The molecule has 8 heteroatoms. The number of benzene rings is 2. The van der Waals surface area contributed by atoms with Crippen LogP contribution in [-0.4, -0.2) is 54.1 Å². The zero-order valence-corrected chi connectivity index (χ0v) is 18.2. The number of nitrogens with zero attached hydrogens (tertiary/aromatic N) is 2. The van der Waals surface area contributed by atoms with E-state index in [0.717, 1.165) is 24.3 Å². The molecular weight excluding hydrogens is 405 g/mol. The standard InChI is InChI=1S/C20H22FN3O3S.C2H6/c21-19-11-16(24-13-17(12-22)27-20(24)25)4-5-18(19)14-2-1-3-15(10-14)23-6-8-28(26)9-7-23;1-2/h1-5,10-11,17H,6-9,12-13,22H2;1-2H3/t17-;/m0./s1. The van der Waals surface area contributed by atoms with Crippen molar-refractivity contribution in [1.82, 2.24) is 0 Å². The molecule has 2 aliphatic heterocycles. The number of halogens is 1. The number of rotatable bonds is 4. The van der Waals surface area contributed by atoms with E-state index >= 15 is 0 Å². The van der Waals surface area contributed by atoms with E-state index in [1.54, 1.807) is 12.1 Å². The first-order valence-corrected chi connectivity index (χ1v) is 11.7. The molecule has 2 N–H and O–H groups in total. The van der Waals surface area contributed by atoms with E-state index in [1.807, 2.05) is 38.1 Å². The number of ether oxygens (including phenoxy) is 1. The van der Waals surface area contributed by atoms with Gasteiger partial charge in [0.2, 0.25) is 0 Å². The van der Waals surface area contributed by atoms with Crippen molar-refractivity contribution >= 4 is 28.3 Å². The molecular formula is C22H28FN3O3S. The van der Waals surface area contributed by atoms with Crippen LogP contribution in [0.5, 0.6) is 0 Å². The quantitative estimate of drug-likeness (QED) is 0.800. The summed E-state index contributed by atoms with van der Waals surface area (Å²) in [5.41, 5.74) is 8.23. The maximum Gasteiger partial charge on any atom is 0.414 e. The highest BCUT2D eigenvalue weighted by atomic mass is 32.2. The van der Waals surface area contributed by atoms with Gasteiger partial charge in [-0.3, -0.25) is 9.11 Å². The zero-order chi connectivity index (χ0) is 21.7. The molecule has 0 radical (unpaired) electrons. The van der Waals surface area contributed by atoms with Crippen LogP contribution in [0, 0.1) is 5.82 Å². The van der Waals surface area contributed by atoms with Crippen molar-refractivity contribution in [1.29, 1.82) is 0 Å². The Morgan fingerprint density at radius 3 is 2.50 bits per heavy atom. The van der Waals surface area contributed by atoms with Crippen LogP contribution in [0.25, 0.3) is 11.1 Å². The van der Waals surface area contributed by atoms with Gasteiger partial charge >= 0.3 is 6.09 Å². The molecule has 0 aromatic heterocycles. The molecule has 1 atom stereocenters. The minimum absolute atomic E-state index is 0.236. The summed E-state index contributed by atoms with van der Waals surface area (Å²) in [6.45, 7) is 6.02. The van der Waals surface area contributed by atoms with Crippen molar-refractivity contribution < 1.29 is 18.1 Å². The van der Waals surface area contributed by atoms with Gasteiger partial charge in [0.1, 0.15) is 11.9 Å². The van der Waals surface area contributed by atoms with E-state index in [4.69, 9.17) is 10.5 Å². The predicted molar refractivity (Wildman–Crippen MR) is 120 cm³/mol. The van der Waals surface area contributed by atoms with Crippen LogP contribution in [0.1, 0.15) is 13.8 Å². The van der Waals surface area contributed by atoms with Crippen LogP contribution < -0.4 is 15.5 Å². The molecule has 0 bridgehead atoms. The first-order valence-electron chi connectivity index (χ1n) is 10.2. The number of carbonyl (C=O) groups excluding carboxylic acids is 1. The lowest BCUT2D eigenvalue weighted by atomic mass is 10.0. The Morgan fingerprint density at radius 2 is 1.87 bits per heavy atom. The second-order valence-corrected chi connectivity index (χ2v) is 8.60. The number of hydrogen-bond donors (Lipinski definition) is 1. The van der Waals surface area contributed by atoms with E-state index in [0.29, 0.717) is 29.3 Å². The molecule has 2 aromatic rings. The third kappa shape index (κ3) is 4.82. The van der Waals surface area contributed by atoms with E-state index in [9.17, 15) is 13.4 Å². The van der Waals surface area contributed by atoms with Gasteiger partial charge in [0, 0.05) is 53.2 Å². The molecule has 4 rings (SSSR count). The van der Waals surface area contributed by atoms with Crippen LogP contribution in [-0.2, 0) is 15.5 Å². The van der Waals surface area contributed by atoms with Crippen LogP contribution in [0.3, 0.4) is 0 Å². The number of anilines is 2. The number of nitrogens with two attached hydrogens (primary N) is 1. The Morgan fingerprint density at radius 1 is 1.13 bits per heavy atom. The van der Waals surface area contributed by atoms with E-state index in [2.05, 4.69) is 4.90 Å². The summed E-state index contributed by atoms with van der Waals surface area (Å²) in [6.07, 6.45) is -0.877.